The van der Waals surface area contributed by atoms with Crippen molar-refractivity contribution in [2.45, 2.75) is 45.6 Å². The summed E-state index contributed by atoms with van der Waals surface area (Å²) in [4.78, 5) is 21.9. The zero-order valence-electron chi connectivity index (χ0n) is 24.9. The Morgan fingerprint density at radius 2 is 1.84 bits per heavy atom. The van der Waals surface area contributed by atoms with Crippen LogP contribution >= 0.6 is 0 Å². The number of halogens is 3. The van der Waals surface area contributed by atoms with Gasteiger partial charge in [0.25, 0.3) is 5.91 Å². The lowest BCUT2D eigenvalue weighted by molar-refractivity contribution is -0.143. The van der Waals surface area contributed by atoms with Crippen molar-refractivity contribution in [3.05, 3.63) is 82.7 Å². The maximum absolute atomic E-state index is 14.4. The van der Waals surface area contributed by atoms with Crippen LogP contribution in [0.3, 0.4) is 0 Å². The lowest BCUT2D eigenvalue weighted by Crippen LogP contribution is -2.43. The van der Waals surface area contributed by atoms with Crippen LogP contribution in [0.2, 0.25) is 0 Å². The van der Waals surface area contributed by atoms with Gasteiger partial charge in [-0.2, -0.15) is 18.3 Å². The minimum absolute atomic E-state index is 0.0361. The number of aliphatic hydroxyl groups excluding tert-OH is 1. The molecule has 1 amide bonds. The van der Waals surface area contributed by atoms with Crippen molar-refractivity contribution in [2.24, 2.45) is 5.73 Å². The lowest BCUT2D eigenvalue weighted by atomic mass is 10.0. The molecule has 0 bridgehead atoms. The Hall–Kier alpha value is -4.00. The first-order chi connectivity index (χ1) is 20.4. The van der Waals surface area contributed by atoms with E-state index < -0.39 is 17.8 Å². The number of fused-ring (bicyclic) bond motifs is 1. The number of alkyl halides is 3. The zero-order chi connectivity index (χ0) is 31.5. The quantitative estimate of drug-likeness (QED) is 0.258. The Morgan fingerprint density at radius 3 is 2.42 bits per heavy atom. The molecule has 12 heteroatoms. The normalized spacial score (nSPS) is 12.7. The lowest BCUT2D eigenvalue weighted by Gasteiger charge is -2.32. The number of benzene rings is 2. The van der Waals surface area contributed by atoms with E-state index in [1.807, 2.05) is 50.1 Å². The third-order valence-corrected chi connectivity index (χ3v) is 7.60. The maximum atomic E-state index is 14.4. The number of hydrogen-bond acceptors (Lipinski definition) is 7. The Kier molecular flexibility index (Phi) is 9.73. The molecule has 0 saturated carbocycles. The summed E-state index contributed by atoms with van der Waals surface area (Å²) in [7, 11) is 3.34. The number of ether oxygens (including phenoxy) is 1. The molecule has 3 N–H and O–H groups in total. The third kappa shape index (κ3) is 6.66. The first-order valence-electron chi connectivity index (χ1n) is 13.9. The molecule has 230 valence electrons. The van der Waals surface area contributed by atoms with Crippen molar-refractivity contribution in [3.8, 4) is 17.0 Å². The molecule has 0 saturated heterocycles. The van der Waals surface area contributed by atoms with E-state index in [0.29, 0.717) is 28.9 Å². The summed E-state index contributed by atoms with van der Waals surface area (Å²) < 4.78 is 49.0. The molecule has 0 aliphatic rings. The van der Waals surface area contributed by atoms with Gasteiger partial charge in [0, 0.05) is 36.8 Å². The van der Waals surface area contributed by atoms with Crippen molar-refractivity contribution in [3.63, 3.8) is 0 Å². The molecule has 1 unspecified atom stereocenters. The van der Waals surface area contributed by atoms with Crippen LogP contribution < -0.4 is 10.5 Å². The third-order valence-electron chi connectivity index (χ3n) is 7.60. The fraction of sp³-hybridized carbons (Fsp3) is 0.387. The molecule has 9 nitrogen and oxygen atoms in total. The number of nitrogens with zero attached hydrogens (tertiary/aromatic N) is 5. The van der Waals surface area contributed by atoms with Crippen LogP contribution in [-0.4, -0.2) is 75.3 Å². The Morgan fingerprint density at radius 1 is 1.14 bits per heavy atom. The second-order valence-corrected chi connectivity index (χ2v) is 10.7. The topological polar surface area (TPSA) is 109 Å². The Balaban J connectivity index is 1.69. The fourth-order valence-corrected chi connectivity index (χ4v) is 5.18. The first kappa shape index (κ1) is 31.9. The van der Waals surface area contributed by atoms with Crippen molar-refractivity contribution >= 4 is 11.6 Å². The van der Waals surface area contributed by atoms with E-state index >= 15 is 0 Å². The van der Waals surface area contributed by atoms with E-state index in [-0.39, 0.29) is 47.7 Å². The molecule has 2 aromatic carbocycles. The van der Waals surface area contributed by atoms with Crippen molar-refractivity contribution < 1.29 is 27.8 Å². The van der Waals surface area contributed by atoms with Crippen molar-refractivity contribution in [1.29, 1.82) is 0 Å². The number of aliphatic hydroxyl groups is 1. The molecule has 2 heterocycles. The molecule has 4 rings (SSSR count). The highest BCUT2D eigenvalue weighted by Gasteiger charge is 2.39. The van der Waals surface area contributed by atoms with E-state index in [9.17, 15) is 23.1 Å². The van der Waals surface area contributed by atoms with E-state index in [2.05, 4.69) is 10.1 Å². The summed E-state index contributed by atoms with van der Waals surface area (Å²) in [6.07, 6.45) is -3.61. The van der Waals surface area contributed by atoms with Crippen molar-refractivity contribution in [1.82, 2.24) is 24.4 Å². The molecule has 1 atom stereocenters. The largest absolute Gasteiger partial charge is 0.497 e. The number of carbonyl (C=O) groups is 1. The number of nitrogens with two attached hydrogens (primary N) is 1. The smallest absolute Gasteiger partial charge is 0.433 e. The minimum Gasteiger partial charge on any atom is -0.497 e. The molecule has 4 aromatic rings. The summed E-state index contributed by atoms with van der Waals surface area (Å²) in [5.41, 5.74) is 6.83. The standard InChI is InChI=1S/C31H37F3N6O3/c1-19(2)39(14-13-38(4)26(18-41)23-8-6-7-21(15-23)16-35)30(42)25-17-36-40-28(31(32,33)34)20(3)27(37-29(25)40)22-9-11-24(43-5)12-10-22/h6-12,15,17,19,26,41H,13-14,16,18,35H2,1-5H3. The molecule has 0 fully saturated rings. The number of amides is 1. The molecule has 0 aliphatic heterocycles. The van der Waals surface area contributed by atoms with Gasteiger partial charge in [-0.25, -0.2) is 9.50 Å². The molecule has 0 radical (unpaired) electrons. The number of hydrogen-bond donors (Lipinski definition) is 2. The SMILES string of the molecule is COc1ccc(-c2nc3c(C(=O)N(CCN(C)C(CO)c4cccc(CN)c4)C(C)C)cnn3c(C(F)(F)F)c2C)cc1. The number of carbonyl (C=O) groups excluding carboxylic acids is 1. The van der Waals surface area contributed by atoms with Crippen LogP contribution in [0.4, 0.5) is 13.2 Å². The highest BCUT2D eigenvalue weighted by molar-refractivity contribution is 6.00. The van der Waals surface area contributed by atoms with Crippen LogP contribution in [0.1, 0.15) is 52.6 Å². The molecular weight excluding hydrogens is 561 g/mol. The number of likely N-dealkylation sites (N-methyl/N-ethyl adjacent to an activating group) is 1. The van der Waals surface area contributed by atoms with Gasteiger partial charge < -0.3 is 20.5 Å². The highest BCUT2D eigenvalue weighted by atomic mass is 19.4. The molecule has 43 heavy (non-hydrogen) atoms. The minimum atomic E-state index is -4.75. The summed E-state index contributed by atoms with van der Waals surface area (Å²) in [6.45, 7) is 5.87. The van der Waals surface area contributed by atoms with Crippen molar-refractivity contribution in [2.75, 3.05) is 33.9 Å². The molecular formula is C31H37F3N6O3. The molecule has 2 aromatic heterocycles. The number of aromatic nitrogens is 3. The summed E-state index contributed by atoms with van der Waals surface area (Å²) in [5, 5.41) is 14.1. The maximum Gasteiger partial charge on any atom is 0.433 e. The van der Waals surface area contributed by atoms with Gasteiger partial charge in [-0.05, 0) is 63.2 Å². The average Bonchev–Trinajstić information content (AvgIpc) is 3.39. The summed E-state index contributed by atoms with van der Waals surface area (Å²) in [5.74, 6) is 0.0565. The molecule has 0 spiro atoms. The van der Waals surface area contributed by atoms with Crippen LogP contribution in [0.15, 0.2) is 54.7 Å². The van der Waals surface area contributed by atoms with Gasteiger partial charge in [0.2, 0.25) is 0 Å². The fourth-order valence-electron chi connectivity index (χ4n) is 5.18. The molecule has 0 aliphatic carbocycles. The summed E-state index contributed by atoms with van der Waals surface area (Å²) in [6, 6.07) is 13.6. The average molecular weight is 599 g/mol. The zero-order valence-corrected chi connectivity index (χ0v) is 24.9. The van der Waals surface area contributed by atoms with Crippen LogP contribution in [0.25, 0.3) is 16.9 Å². The Bertz CT molecular complexity index is 1570. The van der Waals surface area contributed by atoms with Gasteiger partial charge in [0.15, 0.2) is 11.3 Å². The number of rotatable bonds is 11. The Labute approximate surface area is 248 Å². The van der Waals surface area contributed by atoms with Crippen LogP contribution in [-0.2, 0) is 12.7 Å². The van der Waals surface area contributed by atoms with E-state index in [0.717, 1.165) is 17.3 Å². The van der Waals surface area contributed by atoms with E-state index in [1.165, 1.54) is 14.0 Å². The predicted molar refractivity (Wildman–Crippen MR) is 158 cm³/mol. The van der Waals surface area contributed by atoms with E-state index in [1.54, 1.807) is 29.2 Å². The number of methoxy groups -OCH3 is 1. The van der Waals surface area contributed by atoms with Gasteiger partial charge in [-0.3, -0.25) is 9.69 Å². The van der Waals surface area contributed by atoms with Gasteiger partial charge >= 0.3 is 6.18 Å². The van der Waals surface area contributed by atoms with Gasteiger partial charge in [0.1, 0.15) is 11.3 Å². The first-order valence-corrected chi connectivity index (χ1v) is 13.9. The van der Waals surface area contributed by atoms with Gasteiger partial charge in [0.05, 0.1) is 31.6 Å². The summed E-state index contributed by atoms with van der Waals surface area (Å²) >= 11 is 0. The predicted octanol–water partition coefficient (Wildman–Crippen LogP) is 4.71. The second-order valence-electron chi connectivity index (χ2n) is 10.7. The van der Waals surface area contributed by atoms with Crippen LogP contribution in [0, 0.1) is 6.92 Å². The van der Waals surface area contributed by atoms with Gasteiger partial charge in [-0.1, -0.05) is 24.3 Å². The highest BCUT2D eigenvalue weighted by Crippen LogP contribution is 2.37. The van der Waals surface area contributed by atoms with Crippen LogP contribution in [0.5, 0.6) is 5.75 Å². The monoisotopic (exact) mass is 598 g/mol. The van der Waals surface area contributed by atoms with E-state index in [4.69, 9.17) is 10.5 Å². The van der Waals surface area contributed by atoms with Gasteiger partial charge in [-0.15, -0.1) is 0 Å². The second kappa shape index (κ2) is 13.1.